The van der Waals surface area contributed by atoms with Gasteiger partial charge in [-0.3, -0.25) is 14.4 Å². The Kier molecular flexibility index (Phi) is 8.18. The number of anilines is 1. The number of amides is 2. The molecule has 0 unspecified atom stereocenters. The highest BCUT2D eigenvalue weighted by Crippen LogP contribution is 2.15. The van der Waals surface area contributed by atoms with Gasteiger partial charge in [0.1, 0.15) is 11.5 Å². The number of hydrogen-bond donors (Lipinski definition) is 2. The van der Waals surface area contributed by atoms with Crippen molar-refractivity contribution in [3.63, 3.8) is 0 Å². The minimum absolute atomic E-state index is 0.118. The molecule has 0 saturated carbocycles. The van der Waals surface area contributed by atoms with Gasteiger partial charge in [0.25, 0.3) is 5.91 Å². The molecular formula is C26H26N2O5. The Morgan fingerprint density at radius 1 is 0.848 bits per heavy atom. The molecular weight excluding hydrogens is 420 g/mol. The van der Waals surface area contributed by atoms with Crippen LogP contribution in [0.5, 0.6) is 11.5 Å². The number of carbonyl (C=O) groups excluding carboxylic acids is 3. The molecule has 0 aromatic heterocycles. The van der Waals surface area contributed by atoms with E-state index in [1.165, 1.54) is 13.0 Å². The van der Waals surface area contributed by atoms with Crippen molar-refractivity contribution in [1.29, 1.82) is 0 Å². The number of nitrogens with one attached hydrogen (secondary N) is 2. The van der Waals surface area contributed by atoms with Crippen LogP contribution in [-0.2, 0) is 22.6 Å². The molecule has 0 atom stereocenters. The highest BCUT2D eigenvalue weighted by molar-refractivity contribution is 5.94. The first-order valence-electron chi connectivity index (χ1n) is 10.6. The predicted molar refractivity (Wildman–Crippen MR) is 125 cm³/mol. The van der Waals surface area contributed by atoms with E-state index < -0.39 is 5.97 Å². The maximum absolute atomic E-state index is 12.4. The molecule has 7 heteroatoms. The van der Waals surface area contributed by atoms with Gasteiger partial charge in [0, 0.05) is 24.7 Å². The summed E-state index contributed by atoms with van der Waals surface area (Å²) in [4.78, 5) is 35.8. The Hall–Kier alpha value is -4.13. The van der Waals surface area contributed by atoms with Gasteiger partial charge in [-0.2, -0.15) is 0 Å². The maximum Gasteiger partial charge on any atom is 0.308 e. The monoisotopic (exact) mass is 446 g/mol. The lowest BCUT2D eigenvalue weighted by Gasteiger charge is -2.09. The fourth-order valence-corrected chi connectivity index (χ4v) is 3.12. The largest absolute Gasteiger partial charge is 0.494 e. The summed E-state index contributed by atoms with van der Waals surface area (Å²) in [6.45, 7) is 4.14. The summed E-state index contributed by atoms with van der Waals surface area (Å²) in [7, 11) is 0. The molecule has 3 aromatic carbocycles. The van der Waals surface area contributed by atoms with Gasteiger partial charge < -0.3 is 20.1 Å². The molecule has 0 saturated heterocycles. The molecule has 0 aliphatic rings. The van der Waals surface area contributed by atoms with Crippen LogP contribution in [0.3, 0.4) is 0 Å². The van der Waals surface area contributed by atoms with Crippen molar-refractivity contribution in [1.82, 2.24) is 5.32 Å². The molecule has 170 valence electrons. The Morgan fingerprint density at radius 2 is 1.55 bits per heavy atom. The van der Waals surface area contributed by atoms with Gasteiger partial charge in [-0.25, -0.2) is 0 Å². The highest BCUT2D eigenvalue weighted by atomic mass is 16.5. The molecule has 0 fully saturated rings. The minimum atomic E-state index is -0.445. The van der Waals surface area contributed by atoms with E-state index in [4.69, 9.17) is 9.47 Å². The Balaban J connectivity index is 1.49. The van der Waals surface area contributed by atoms with Gasteiger partial charge in [-0.15, -0.1) is 0 Å². The standard InChI is InChI=1S/C26H26N2O5/c1-3-32-23-13-9-19(10-14-23)15-25(30)28-22-11-7-20(8-12-22)17-27-26(31)21-5-4-6-24(16-21)33-18(2)29/h4-14,16H,3,15,17H2,1-2H3,(H,27,31)(H,28,30). The van der Waals surface area contributed by atoms with Crippen LogP contribution in [0.2, 0.25) is 0 Å². The summed E-state index contributed by atoms with van der Waals surface area (Å²) in [5, 5.41) is 5.70. The van der Waals surface area contributed by atoms with Gasteiger partial charge in [0.15, 0.2) is 0 Å². The molecule has 0 aliphatic heterocycles. The first-order chi connectivity index (χ1) is 15.9. The van der Waals surface area contributed by atoms with E-state index in [-0.39, 0.29) is 18.2 Å². The van der Waals surface area contributed by atoms with E-state index in [9.17, 15) is 14.4 Å². The van der Waals surface area contributed by atoms with E-state index in [1.807, 2.05) is 43.3 Å². The fourth-order valence-electron chi connectivity index (χ4n) is 3.12. The number of carbonyl (C=O) groups is 3. The van der Waals surface area contributed by atoms with Crippen LogP contribution in [0.1, 0.15) is 35.3 Å². The average molecular weight is 447 g/mol. The summed E-state index contributed by atoms with van der Waals surface area (Å²) in [6, 6.07) is 21.1. The highest BCUT2D eigenvalue weighted by Gasteiger charge is 2.09. The van der Waals surface area contributed by atoms with E-state index in [1.54, 1.807) is 30.3 Å². The van der Waals surface area contributed by atoms with Crippen LogP contribution in [0, 0.1) is 0 Å². The molecule has 0 radical (unpaired) electrons. The van der Waals surface area contributed by atoms with Crippen LogP contribution in [-0.4, -0.2) is 24.4 Å². The van der Waals surface area contributed by atoms with E-state index in [0.717, 1.165) is 16.9 Å². The smallest absolute Gasteiger partial charge is 0.308 e. The second-order valence-electron chi connectivity index (χ2n) is 7.30. The van der Waals surface area contributed by atoms with Gasteiger partial charge in [0.2, 0.25) is 5.91 Å². The van der Waals surface area contributed by atoms with Crippen LogP contribution in [0.4, 0.5) is 5.69 Å². The number of benzene rings is 3. The molecule has 7 nitrogen and oxygen atoms in total. The third-order valence-corrected chi connectivity index (χ3v) is 4.65. The third-order valence-electron chi connectivity index (χ3n) is 4.65. The lowest BCUT2D eigenvalue weighted by molar-refractivity contribution is -0.131. The van der Waals surface area contributed by atoms with Crippen molar-refractivity contribution in [2.45, 2.75) is 26.8 Å². The second kappa shape index (κ2) is 11.5. The SMILES string of the molecule is CCOc1ccc(CC(=O)Nc2ccc(CNC(=O)c3cccc(OC(C)=O)c3)cc2)cc1. The van der Waals surface area contributed by atoms with Crippen molar-refractivity contribution >= 4 is 23.5 Å². The van der Waals surface area contributed by atoms with Gasteiger partial charge >= 0.3 is 5.97 Å². The zero-order valence-corrected chi connectivity index (χ0v) is 18.6. The first-order valence-corrected chi connectivity index (χ1v) is 10.6. The quantitative estimate of drug-likeness (QED) is 0.381. The van der Waals surface area contributed by atoms with Crippen molar-refractivity contribution in [3.05, 3.63) is 89.5 Å². The molecule has 0 bridgehead atoms. The van der Waals surface area contributed by atoms with E-state index in [2.05, 4.69) is 10.6 Å². The number of ether oxygens (including phenoxy) is 2. The average Bonchev–Trinajstić information content (AvgIpc) is 2.79. The lowest BCUT2D eigenvalue weighted by atomic mass is 10.1. The van der Waals surface area contributed by atoms with Crippen LogP contribution in [0.25, 0.3) is 0 Å². The van der Waals surface area contributed by atoms with Gasteiger partial charge in [-0.1, -0.05) is 30.3 Å². The minimum Gasteiger partial charge on any atom is -0.494 e. The maximum atomic E-state index is 12.4. The molecule has 33 heavy (non-hydrogen) atoms. The molecule has 0 spiro atoms. The summed E-state index contributed by atoms with van der Waals surface area (Å²) in [6.07, 6.45) is 0.261. The molecule has 3 aromatic rings. The Bertz CT molecular complexity index is 1110. The predicted octanol–water partition coefficient (Wildman–Crippen LogP) is 4.12. The zero-order valence-electron chi connectivity index (χ0n) is 18.6. The molecule has 3 rings (SSSR count). The summed E-state index contributed by atoms with van der Waals surface area (Å²) < 4.78 is 10.4. The van der Waals surface area contributed by atoms with Crippen LogP contribution >= 0.6 is 0 Å². The van der Waals surface area contributed by atoms with Crippen molar-refractivity contribution in [3.8, 4) is 11.5 Å². The van der Waals surface area contributed by atoms with Crippen molar-refractivity contribution < 1.29 is 23.9 Å². The number of rotatable bonds is 9. The number of esters is 1. The summed E-state index contributed by atoms with van der Waals surface area (Å²) in [5.74, 6) is 0.255. The summed E-state index contributed by atoms with van der Waals surface area (Å²) >= 11 is 0. The van der Waals surface area contributed by atoms with Gasteiger partial charge in [-0.05, 0) is 60.5 Å². The topological polar surface area (TPSA) is 93.7 Å². The van der Waals surface area contributed by atoms with E-state index in [0.29, 0.717) is 30.2 Å². The first kappa shape index (κ1) is 23.5. The Labute approximate surface area is 192 Å². The molecule has 2 amide bonds. The van der Waals surface area contributed by atoms with Crippen LogP contribution in [0.15, 0.2) is 72.8 Å². The van der Waals surface area contributed by atoms with Crippen LogP contribution < -0.4 is 20.1 Å². The third kappa shape index (κ3) is 7.50. The fraction of sp³-hybridized carbons (Fsp3) is 0.192. The van der Waals surface area contributed by atoms with E-state index >= 15 is 0 Å². The molecule has 0 aliphatic carbocycles. The summed E-state index contributed by atoms with van der Waals surface area (Å²) in [5.41, 5.74) is 2.85. The van der Waals surface area contributed by atoms with Gasteiger partial charge in [0.05, 0.1) is 13.0 Å². The normalized spacial score (nSPS) is 10.2. The lowest BCUT2D eigenvalue weighted by Crippen LogP contribution is -2.22. The van der Waals surface area contributed by atoms with Crippen molar-refractivity contribution in [2.24, 2.45) is 0 Å². The second-order valence-corrected chi connectivity index (χ2v) is 7.30. The molecule has 0 heterocycles. The zero-order chi connectivity index (χ0) is 23.6. The van der Waals surface area contributed by atoms with Crippen molar-refractivity contribution in [2.75, 3.05) is 11.9 Å². The number of hydrogen-bond acceptors (Lipinski definition) is 5. The molecule has 2 N–H and O–H groups in total. The Morgan fingerprint density at radius 3 is 2.21 bits per heavy atom.